The van der Waals surface area contributed by atoms with Crippen molar-refractivity contribution < 1.29 is 14.6 Å². The van der Waals surface area contributed by atoms with Crippen LogP contribution in [0.25, 0.3) is 0 Å². The molecule has 0 spiro atoms. The maximum absolute atomic E-state index is 10.8. The van der Waals surface area contributed by atoms with Crippen molar-refractivity contribution in [1.82, 2.24) is 0 Å². The summed E-state index contributed by atoms with van der Waals surface area (Å²) in [6.07, 6.45) is 0. The number of aromatic carboxylic acids is 1. The monoisotopic (exact) mass is 276 g/mol. The zero-order valence-electron chi connectivity index (χ0n) is 10.6. The van der Waals surface area contributed by atoms with Crippen LogP contribution < -0.4 is 4.74 Å². The van der Waals surface area contributed by atoms with Crippen molar-refractivity contribution in [2.24, 2.45) is 0 Å². The average Bonchev–Trinajstić information content (AvgIpc) is 2.30. The number of rotatable bonds is 3. The fourth-order valence-electron chi connectivity index (χ4n) is 1.84. The molecule has 19 heavy (non-hydrogen) atoms. The van der Waals surface area contributed by atoms with E-state index in [4.69, 9.17) is 21.4 Å². The summed E-state index contributed by atoms with van der Waals surface area (Å²) in [5.41, 5.74) is 2.32. The Morgan fingerprint density at radius 1 is 1.11 bits per heavy atom. The lowest BCUT2D eigenvalue weighted by molar-refractivity contribution is 0.0697. The van der Waals surface area contributed by atoms with Gasteiger partial charge in [-0.2, -0.15) is 0 Å². The van der Waals surface area contributed by atoms with Gasteiger partial charge in [0.1, 0.15) is 11.5 Å². The summed E-state index contributed by atoms with van der Waals surface area (Å²) >= 11 is 6.01. The van der Waals surface area contributed by atoms with Crippen molar-refractivity contribution in [2.45, 2.75) is 13.8 Å². The lowest BCUT2D eigenvalue weighted by Gasteiger charge is -2.09. The van der Waals surface area contributed by atoms with Crippen molar-refractivity contribution in [1.29, 1.82) is 0 Å². The van der Waals surface area contributed by atoms with Gasteiger partial charge in [-0.25, -0.2) is 4.79 Å². The molecule has 3 nitrogen and oxygen atoms in total. The van der Waals surface area contributed by atoms with E-state index >= 15 is 0 Å². The predicted molar refractivity (Wildman–Crippen MR) is 74.4 cm³/mol. The molecule has 2 aromatic carbocycles. The zero-order chi connectivity index (χ0) is 14.0. The summed E-state index contributed by atoms with van der Waals surface area (Å²) in [6.45, 7) is 3.96. The second-order valence-corrected chi connectivity index (χ2v) is 4.78. The molecule has 0 atom stereocenters. The number of hydrogen-bond acceptors (Lipinski definition) is 2. The van der Waals surface area contributed by atoms with Gasteiger partial charge in [-0.05, 0) is 55.3 Å². The Morgan fingerprint density at radius 3 is 2.26 bits per heavy atom. The highest BCUT2D eigenvalue weighted by atomic mass is 35.5. The second kappa shape index (κ2) is 5.33. The first-order chi connectivity index (χ1) is 8.95. The molecule has 0 aromatic heterocycles. The first-order valence-corrected chi connectivity index (χ1v) is 6.12. The van der Waals surface area contributed by atoms with Crippen molar-refractivity contribution >= 4 is 17.6 Å². The molecule has 2 rings (SSSR count). The zero-order valence-corrected chi connectivity index (χ0v) is 11.4. The van der Waals surface area contributed by atoms with Crippen LogP contribution in [0.3, 0.4) is 0 Å². The van der Waals surface area contributed by atoms with E-state index < -0.39 is 5.97 Å². The first kappa shape index (κ1) is 13.4. The Morgan fingerprint density at radius 2 is 1.74 bits per heavy atom. The van der Waals surface area contributed by atoms with E-state index in [1.165, 1.54) is 12.1 Å². The minimum Gasteiger partial charge on any atom is -0.478 e. The van der Waals surface area contributed by atoms with Crippen molar-refractivity contribution in [2.75, 3.05) is 0 Å². The summed E-state index contributed by atoms with van der Waals surface area (Å²) in [7, 11) is 0. The van der Waals surface area contributed by atoms with Crippen LogP contribution in [0.2, 0.25) is 5.02 Å². The number of aryl methyl sites for hydroxylation is 2. The van der Waals surface area contributed by atoms with Gasteiger partial charge in [-0.15, -0.1) is 0 Å². The summed E-state index contributed by atoms with van der Waals surface area (Å²) in [4.78, 5) is 10.8. The molecule has 98 valence electrons. The lowest BCUT2D eigenvalue weighted by Crippen LogP contribution is -1.96. The highest BCUT2D eigenvalue weighted by molar-refractivity contribution is 6.32. The van der Waals surface area contributed by atoms with Gasteiger partial charge in [0.2, 0.25) is 0 Å². The van der Waals surface area contributed by atoms with E-state index in [-0.39, 0.29) is 10.6 Å². The standard InChI is InChI=1S/C15H13ClO3/c1-9-5-10(2)7-12(6-9)19-14-4-3-11(15(17)18)8-13(14)16/h3-8H,1-2H3,(H,17,18). The van der Waals surface area contributed by atoms with Crippen LogP contribution in [0.4, 0.5) is 0 Å². The highest BCUT2D eigenvalue weighted by Crippen LogP contribution is 2.31. The maximum Gasteiger partial charge on any atom is 0.335 e. The van der Waals surface area contributed by atoms with Gasteiger partial charge >= 0.3 is 5.97 Å². The first-order valence-electron chi connectivity index (χ1n) is 5.75. The van der Waals surface area contributed by atoms with Crippen LogP contribution in [-0.2, 0) is 0 Å². The molecule has 0 saturated heterocycles. The van der Waals surface area contributed by atoms with Gasteiger partial charge in [-0.3, -0.25) is 0 Å². The molecule has 1 N–H and O–H groups in total. The topological polar surface area (TPSA) is 46.5 Å². The molecule has 0 heterocycles. The molecular weight excluding hydrogens is 264 g/mol. The van der Waals surface area contributed by atoms with E-state index in [0.29, 0.717) is 11.5 Å². The molecule has 0 aliphatic carbocycles. The van der Waals surface area contributed by atoms with E-state index in [1.807, 2.05) is 32.0 Å². The fraction of sp³-hybridized carbons (Fsp3) is 0.133. The molecule has 0 aliphatic heterocycles. The summed E-state index contributed by atoms with van der Waals surface area (Å²) in [6, 6.07) is 10.2. The number of benzene rings is 2. The molecule has 0 radical (unpaired) electrons. The smallest absolute Gasteiger partial charge is 0.335 e. The molecule has 4 heteroatoms. The van der Waals surface area contributed by atoms with Crippen LogP contribution in [0.15, 0.2) is 36.4 Å². The minimum atomic E-state index is -1.01. The summed E-state index contributed by atoms with van der Waals surface area (Å²) in [5, 5.41) is 9.14. The Bertz CT molecular complexity index is 615. The highest BCUT2D eigenvalue weighted by Gasteiger charge is 2.09. The maximum atomic E-state index is 10.8. The van der Waals surface area contributed by atoms with E-state index in [1.54, 1.807) is 6.07 Å². The third-order valence-electron chi connectivity index (χ3n) is 2.60. The SMILES string of the molecule is Cc1cc(C)cc(Oc2ccc(C(=O)O)cc2Cl)c1. The number of halogens is 1. The molecule has 0 unspecified atom stereocenters. The minimum absolute atomic E-state index is 0.137. The number of carboxylic acid groups (broad SMARTS) is 1. The van der Waals surface area contributed by atoms with Crippen LogP contribution in [0, 0.1) is 13.8 Å². The van der Waals surface area contributed by atoms with Crippen LogP contribution in [-0.4, -0.2) is 11.1 Å². The summed E-state index contributed by atoms with van der Waals surface area (Å²) in [5.74, 6) is 0.110. The number of carbonyl (C=O) groups is 1. The molecule has 2 aromatic rings. The lowest BCUT2D eigenvalue weighted by atomic mass is 10.1. The molecule has 0 bridgehead atoms. The summed E-state index contributed by atoms with van der Waals surface area (Å²) < 4.78 is 5.68. The number of carboxylic acids is 1. The number of ether oxygens (including phenoxy) is 1. The quantitative estimate of drug-likeness (QED) is 0.901. The van der Waals surface area contributed by atoms with Gasteiger partial charge in [0.15, 0.2) is 0 Å². The van der Waals surface area contributed by atoms with Gasteiger partial charge in [0, 0.05) is 0 Å². The van der Waals surface area contributed by atoms with Crippen LogP contribution in [0.1, 0.15) is 21.5 Å². The normalized spacial score (nSPS) is 10.3. The Balaban J connectivity index is 2.30. The van der Waals surface area contributed by atoms with Crippen molar-refractivity contribution in [3.8, 4) is 11.5 Å². The second-order valence-electron chi connectivity index (χ2n) is 4.38. The van der Waals surface area contributed by atoms with Crippen LogP contribution in [0.5, 0.6) is 11.5 Å². The number of hydrogen-bond donors (Lipinski definition) is 1. The van der Waals surface area contributed by atoms with Crippen molar-refractivity contribution in [3.05, 3.63) is 58.1 Å². The third-order valence-corrected chi connectivity index (χ3v) is 2.90. The molecule has 0 fully saturated rings. The van der Waals surface area contributed by atoms with E-state index in [2.05, 4.69) is 0 Å². The molecule has 0 aliphatic rings. The van der Waals surface area contributed by atoms with Crippen LogP contribution >= 0.6 is 11.6 Å². The fourth-order valence-corrected chi connectivity index (χ4v) is 2.05. The Hall–Kier alpha value is -2.00. The third kappa shape index (κ3) is 3.26. The Kier molecular flexibility index (Phi) is 3.76. The average molecular weight is 277 g/mol. The predicted octanol–water partition coefficient (Wildman–Crippen LogP) is 4.45. The van der Waals surface area contributed by atoms with Gasteiger partial charge < -0.3 is 9.84 Å². The molecular formula is C15H13ClO3. The van der Waals surface area contributed by atoms with Gasteiger partial charge in [0.05, 0.1) is 10.6 Å². The van der Waals surface area contributed by atoms with E-state index in [9.17, 15) is 4.79 Å². The molecule has 0 amide bonds. The van der Waals surface area contributed by atoms with Crippen molar-refractivity contribution in [3.63, 3.8) is 0 Å². The van der Waals surface area contributed by atoms with E-state index in [0.717, 1.165) is 11.1 Å². The van der Waals surface area contributed by atoms with Gasteiger partial charge in [0.25, 0.3) is 0 Å². The Labute approximate surface area is 116 Å². The van der Waals surface area contributed by atoms with Gasteiger partial charge in [-0.1, -0.05) is 17.7 Å². The molecule has 0 saturated carbocycles. The largest absolute Gasteiger partial charge is 0.478 e.